The van der Waals surface area contributed by atoms with Crippen molar-refractivity contribution >= 4 is 63.5 Å². The zero-order chi connectivity index (χ0) is 45.7. The van der Waals surface area contributed by atoms with Crippen LogP contribution in [0.3, 0.4) is 0 Å². The Morgan fingerprint density at radius 2 is 1.38 bits per heavy atom. The van der Waals surface area contributed by atoms with Gasteiger partial charge in [-0.3, -0.25) is 0 Å². The molecule has 16 rings (SSSR count). The van der Waals surface area contributed by atoms with E-state index in [-0.39, 0.29) is 30.1 Å². The van der Waals surface area contributed by atoms with Gasteiger partial charge in [0.25, 0.3) is 0 Å². The number of allylic oxidation sites excluding steroid dienone is 15. The highest BCUT2D eigenvalue weighted by atomic mass is 15.2. The van der Waals surface area contributed by atoms with E-state index in [0.717, 1.165) is 38.5 Å². The number of nitrogens with zero attached hydrogens (tertiary/aromatic N) is 1. The average Bonchev–Trinajstić information content (AvgIpc) is 4.05. The van der Waals surface area contributed by atoms with Crippen molar-refractivity contribution in [2.75, 3.05) is 4.90 Å². The van der Waals surface area contributed by atoms with Crippen molar-refractivity contribution in [3.05, 3.63) is 242 Å². The maximum absolute atomic E-state index is 2.84. The molecule has 0 saturated heterocycles. The van der Waals surface area contributed by atoms with Crippen molar-refractivity contribution in [1.82, 2.24) is 0 Å². The van der Waals surface area contributed by atoms with Crippen LogP contribution in [0.1, 0.15) is 111 Å². The minimum absolute atomic E-state index is 0.00640. The second kappa shape index (κ2) is 13.5. The van der Waals surface area contributed by atoms with Crippen LogP contribution < -0.4 is 21.3 Å². The third-order valence-corrected chi connectivity index (χ3v) is 18.9. The molecule has 6 aliphatic carbocycles. The Morgan fingerprint density at radius 3 is 2.19 bits per heavy atom. The maximum Gasteiger partial charge on any atom is 0.247 e. The van der Waals surface area contributed by atoms with Crippen molar-refractivity contribution in [3.63, 3.8) is 0 Å². The van der Waals surface area contributed by atoms with Crippen LogP contribution in [-0.2, 0) is 10.8 Å². The molecule has 0 bridgehead atoms. The number of benzene rings is 6. The fraction of sp³-hybridized carbons (Fsp3) is 0.212. The summed E-state index contributed by atoms with van der Waals surface area (Å²) >= 11 is 0. The van der Waals surface area contributed by atoms with E-state index in [1.165, 1.54) is 89.2 Å². The number of anilines is 2. The normalized spacial score (nSPS) is 22.8. The molecule has 6 aromatic rings. The fourth-order valence-electron chi connectivity index (χ4n) is 16.1. The lowest BCUT2D eigenvalue weighted by Gasteiger charge is -2.46. The van der Waals surface area contributed by atoms with Gasteiger partial charge < -0.3 is 4.90 Å². The second-order valence-electron chi connectivity index (χ2n) is 22.7. The summed E-state index contributed by atoms with van der Waals surface area (Å²) in [4.78, 5) is 2.84. The molecule has 2 atom stereocenters. The molecule has 3 heteroatoms. The molecule has 4 heterocycles. The third-order valence-electron chi connectivity index (χ3n) is 18.9. The van der Waals surface area contributed by atoms with E-state index in [0.29, 0.717) is 5.92 Å². The van der Waals surface area contributed by atoms with E-state index in [4.69, 9.17) is 0 Å². The predicted molar refractivity (Wildman–Crippen MR) is 292 cm³/mol. The predicted octanol–water partition coefficient (Wildman–Crippen LogP) is 14.1. The Morgan fingerprint density at radius 1 is 0.623 bits per heavy atom. The van der Waals surface area contributed by atoms with Gasteiger partial charge in [0.1, 0.15) is 0 Å². The van der Waals surface area contributed by atoms with E-state index in [1.807, 2.05) is 0 Å². The summed E-state index contributed by atoms with van der Waals surface area (Å²) in [5, 5.41) is 0. The van der Waals surface area contributed by atoms with Crippen LogP contribution in [0.4, 0.5) is 11.4 Å². The Kier molecular flexibility index (Phi) is 7.63. The molecule has 1 unspecified atom stereocenters. The average molecular weight is 882 g/mol. The molecule has 0 amide bonds. The minimum atomic E-state index is -0.0821. The third kappa shape index (κ3) is 4.89. The molecule has 0 aromatic heterocycles. The molecule has 69 heavy (non-hydrogen) atoms. The standard InChI is InChI=1S/C66H53B2N/c1-65(2)49-28-16-14-25-43(49)46-35-47-44-27-18-30-57-62(44)67(53(47)36-51(46)65)55-32-42(39-21-10-6-11-22-39)33-56-64(55)69(57)58-34-41(38-19-8-5-9-20-38)31-48-61-54(68(56)63(48)58)37-52-60(59(61)40-23-12-7-13-24-40)45-26-15-17-29-50(45)66(52,3)4/h5-8,10-17,19,21-26,28-34,36,46,54H,9,18,20,27,35,37H2,1-4H3/t46-,54?/m1/s1. The molecular formula is C66H53B2N. The van der Waals surface area contributed by atoms with Crippen molar-refractivity contribution in [2.45, 2.75) is 88.8 Å². The zero-order valence-corrected chi connectivity index (χ0v) is 40.1. The Balaban J connectivity index is 1.01. The van der Waals surface area contributed by atoms with Crippen molar-refractivity contribution in [2.24, 2.45) is 0 Å². The first-order chi connectivity index (χ1) is 33.8. The highest BCUT2D eigenvalue weighted by Crippen LogP contribution is 2.65. The van der Waals surface area contributed by atoms with Gasteiger partial charge in [-0.25, -0.2) is 0 Å². The summed E-state index contributed by atoms with van der Waals surface area (Å²) in [6.45, 7) is 10.4. The molecule has 0 spiro atoms. The van der Waals surface area contributed by atoms with Crippen LogP contribution in [0, 0.1) is 0 Å². The summed E-state index contributed by atoms with van der Waals surface area (Å²) in [5.74, 6) is 0.727. The Bertz CT molecular complexity index is 3670. The lowest BCUT2D eigenvalue weighted by Crippen LogP contribution is -2.58. The van der Waals surface area contributed by atoms with Gasteiger partial charge in [-0.2, -0.15) is 0 Å². The zero-order valence-electron chi connectivity index (χ0n) is 40.1. The van der Waals surface area contributed by atoms with Crippen LogP contribution in [0.15, 0.2) is 203 Å². The molecule has 10 aliphatic rings. The van der Waals surface area contributed by atoms with E-state index >= 15 is 0 Å². The molecule has 4 aliphatic heterocycles. The lowest BCUT2D eigenvalue weighted by molar-refractivity contribution is 0.606. The summed E-state index contributed by atoms with van der Waals surface area (Å²) in [6, 6.07) is 52.2. The summed E-state index contributed by atoms with van der Waals surface area (Å²) in [7, 11) is 0. The van der Waals surface area contributed by atoms with Gasteiger partial charge in [-0.1, -0.05) is 196 Å². The molecule has 328 valence electrons. The number of hydrogen-bond donors (Lipinski definition) is 0. The fourth-order valence-corrected chi connectivity index (χ4v) is 16.1. The smallest absolute Gasteiger partial charge is 0.247 e. The number of hydrogen-bond acceptors (Lipinski definition) is 1. The number of rotatable bonds is 3. The Hall–Kier alpha value is -6.83. The largest absolute Gasteiger partial charge is 0.313 e. The molecule has 0 radical (unpaired) electrons. The van der Waals surface area contributed by atoms with Crippen LogP contribution in [0.25, 0.3) is 33.4 Å². The first kappa shape index (κ1) is 39.1. The quantitative estimate of drug-likeness (QED) is 0.160. The van der Waals surface area contributed by atoms with Crippen molar-refractivity contribution < 1.29 is 0 Å². The van der Waals surface area contributed by atoms with Crippen LogP contribution in [0.2, 0.25) is 5.82 Å². The Labute approximate surface area is 407 Å². The van der Waals surface area contributed by atoms with Gasteiger partial charge in [0.2, 0.25) is 13.4 Å². The maximum atomic E-state index is 2.84. The van der Waals surface area contributed by atoms with Crippen LogP contribution in [0.5, 0.6) is 0 Å². The van der Waals surface area contributed by atoms with Crippen LogP contribution >= 0.6 is 0 Å². The lowest BCUT2D eigenvalue weighted by atomic mass is 9.29. The summed E-state index contributed by atoms with van der Waals surface area (Å²) < 4.78 is 0. The topological polar surface area (TPSA) is 3.24 Å². The molecule has 6 aromatic carbocycles. The SMILES string of the molecule is CC1(C)C2=C(C(c3ccccc3)=C3c4cc(C5=CC=CCC5)cc5c4B(c4cc(-c6ccccc6)cc6c4N5C4=CCCC5=C4B6C4=C5C[C@H]5C(=C4)C(C)(C)c4ccccc45)C3C2)c2ccccc21. The summed E-state index contributed by atoms with van der Waals surface area (Å²) in [6.07, 6.45) is 18.9. The minimum Gasteiger partial charge on any atom is -0.313 e. The highest BCUT2D eigenvalue weighted by molar-refractivity contribution is 6.96. The van der Waals surface area contributed by atoms with Gasteiger partial charge >= 0.3 is 0 Å². The van der Waals surface area contributed by atoms with Crippen molar-refractivity contribution in [1.29, 1.82) is 0 Å². The molecule has 1 nitrogen and oxygen atoms in total. The first-order valence-corrected chi connectivity index (χ1v) is 26.0. The molecule has 0 fully saturated rings. The first-order valence-electron chi connectivity index (χ1n) is 26.0. The molecule has 0 saturated carbocycles. The van der Waals surface area contributed by atoms with Gasteiger partial charge in [0.15, 0.2) is 0 Å². The van der Waals surface area contributed by atoms with E-state index in [9.17, 15) is 0 Å². The van der Waals surface area contributed by atoms with Crippen LogP contribution in [-0.4, -0.2) is 13.4 Å². The van der Waals surface area contributed by atoms with Gasteiger partial charge in [-0.05, 0) is 162 Å². The van der Waals surface area contributed by atoms with Gasteiger partial charge in [0, 0.05) is 33.8 Å². The van der Waals surface area contributed by atoms with Crippen molar-refractivity contribution in [3.8, 4) is 11.1 Å². The van der Waals surface area contributed by atoms with E-state index in [1.54, 1.807) is 49.8 Å². The molecular weight excluding hydrogens is 828 g/mol. The van der Waals surface area contributed by atoms with Gasteiger partial charge in [-0.15, -0.1) is 0 Å². The molecule has 0 N–H and O–H groups in total. The van der Waals surface area contributed by atoms with E-state index < -0.39 is 0 Å². The highest BCUT2D eigenvalue weighted by Gasteiger charge is 2.58. The monoisotopic (exact) mass is 881 g/mol. The van der Waals surface area contributed by atoms with E-state index in [2.05, 4.69) is 196 Å². The van der Waals surface area contributed by atoms with Gasteiger partial charge in [0.05, 0.1) is 0 Å². The summed E-state index contributed by atoms with van der Waals surface area (Å²) in [5.41, 5.74) is 37.3. The number of fused-ring (bicyclic) bond motifs is 14. The second-order valence-corrected chi connectivity index (χ2v) is 22.7.